The molecule has 0 spiro atoms. The van der Waals surface area contributed by atoms with Gasteiger partial charge in [0.25, 0.3) is 0 Å². The molecule has 0 aromatic rings. The predicted molar refractivity (Wildman–Crippen MR) is 71.5 cm³/mol. The summed E-state index contributed by atoms with van der Waals surface area (Å²) < 4.78 is 9.71. The Morgan fingerprint density at radius 2 is 1.42 bits per heavy atom. The van der Waals surface area contributed by atoms with Gasteiger partial charge in [-0.1, -0.05) is 27.2 Å². The minimum atomic E-state index is -0.401. The molecule has 5 nitrogen and oxygen atoms in total. The Morgan fingerprint density at radius 1 is 0.947 bits per heavy atom. The second-order valence-electron chi connectivity index (χ2n) is 4.88. The molecule has 0 aliphatic heterocycles. The van der Waals surface area contributed by atoms with E-state index in [1.165, 1.54) is 14.2 Å². The lowest BCUT2D eigenvalue weighted by Gasteiger charge is -2.53. The number of methoxy groups -OCH3 is 2. The number of carbonyl (C=O) groups is 2. The first-order valence-corrected chi connectivity index (χ1v) is 6.96. The first-order valence-electron chi connectivity index (χ1n) is 6.96. The van der Waals surface area contributed by atoms with Gasteiger partial charge >= 0.3 is 11.9 Å². The molecule has 0 heterocycles. The van der Waals surface area contributed by atoms with E-state index in [0.717, 1.165) is 19.5 Å². The molecule has 1 saturated carbocycles. The van der Waals surface area contributed by atoms with E-state index >= 15 is 0 Å². The molecule has 19 heavy (non-hydrogen) atoms. The minimum Gasteiger partial charge on any atom is -0.469 e. The van der Waals surface area contributed by atoms with Crippen molar-refractivity contribution in [2.45, 2.75) is 33.2 Å². The maximum atomic E-state index is 12.0. The maximum absolute atomic E-state index is 12.0. The lowest BCUT2D eigenvalue weighted by molar-refractivity contribution is -0.181. The number of hydrogen-bond donors (Lipinski definition) is 0. The molecule has 0 aromatic carbocycles. The molecule has 0 bridgehead atoms. The summed E-state index contributed by atoms with van der Waals surface area (Å²) in [7, 11) is 2.74. The predicted octanol–water partition coefficient (Wildman–Crippen LogP) is 1.31. The standard InChI is InChI=1S/C14H25NO4/c1-6-9-10(13(16)18-4)11(14(17)19-5)12(9)15(7-2)8-3/h9-12H,6-8H2,1-5H3/t9-,10-,11+,12+/m0/s1. The summed E-state index contributed by atoms with van der Waals surface area (Å²) in [6.45, 7) is 7.90. The maximum Gasteiger partial charge on any atom is 0.311 e. The average molecular weight is 271 g/mol. The number of ether oxygens (including phenoxy) is 2. The van der Waals surface area contributed by atoms with Gasteiger partial charge in [-0.05, 0) is 19.0 Å². The van der Waals surface area contributed by atoms with Crippen LogP contribution in [0, 0.1) is 17.8 Å². The van der Waals surface area contributed by atoms with Gasteiger partial charge in [0.15, 0.2) is 0 Å². The van der Waals surface area contributed by atoms with Crippen molar-refractivity contribution in [1.82, 2.24) is 4.90 Å². The third-order valence-corrected chi connectivity index (χ3v) is 4.31. The number of nitrogens with zero attached hydrogens (tertiary/aromatic N) is 1. The van der Waals surface area contributed by atoms with Crippen LogP contribution < -0.4 is 0 Å². The van der Waals surface area contributed by atoms with Crippen molar-refractivity contribution in [3.63, 3.8) is 0 Å². The molecule has 0 radical (unpaired) electrons. The van der Waals surface area contributed by atoms with E-state index in [0.29, 0.717) is 0 Å². The fraction of sp³-hybridized carbons (Fsp3) is 0.857. The number of esters is 2. The van der Waals surface area contributed by atoms with Crippen molar-refractivity contribution in [2.75, 3.05) is 27.3 Å². The lowest BCUT2D eigenvalue weighted by Crippen LogP contribution is -2.64. The SMILES string of the molecule is CC[C@H]1[C@H](C(=O)OC)[C@@H](C(=O)OC)[C@@H]1N(CC)CC. The van der Waals surface area contributed by atoms with Gasteiger partial charge in [-0.3, -0.25) is 14.5 Å². The van der Waals surface area contributed by atoms with Crippen LogP contribution in [0.2, 0.25) is 0 Å². The van der Waals surface area contributed by atoms with Crippen molar-refractivity contribution in [3.8, 4) is 0 Å². The second-order valence-corrected chi connectivity index (χ2v) is 4.88. The molecule has 1 rings (SSSR count). The van der Waals surface area contributed by atoms with Crippen molar-refractivity contribution >= 4 is 11.9 Å². The van der Waals surface area contributed by atoms with E-state index < -0.39 is 5.92 Å². The van der Waals surface area contributed by atoms with Crippen molar-refractivity contribution in [3.05, 3.63) is 0 Å². The molecule has 1 fully saturated rings. The molecule has 0 unspecified atom stereocenters. The van der Waals surface area contributed by atoms with Crippen LogP contribution >= 0.6 is 0 Å². The van der Waals surface area contributed by atoms with Crippen LogP contribution in [0.15, 0.2) is 0 Å². The minimum absolute atomic E-state index is 0.0801. The largest absolute Gasteiger partial charge is 0.469 e. The summed E-state index contributed by atoms with van der Waals surface area (Å²) >= 11 is 0. The summed E-state index contributed by atoms with van der Waals surface area (Å²) in [6, 6.07) is 0.0801. The van der Waals surface area contributed by atoms with E-state index in [4.69, 9.17) is 9.47 Å². The van der Waals surface area contributed by atoms with Crippen molar-refractivity contribution < 1.29 is 19.1 Å². The zero-order chi connectivity index (χ0) is 14.6. The zero-order valence-corrected chi connectivity index (χ0v) is 12.5. The molecule has 5 heteroatoms. The number of rotatable bonds is 6. The first kappa shape index (κ1) is 16.0. The van der Waals surface area contributed by atoms with Gasteiger partial charge < -0.3 is 9.47 Å². The molecular weight excluding hydrogens is 246 g/mol. The lowest BCUT2D eigenvalue weighted by atomic mass is 9.58. The molecule has 1 aliphatic rings. The Kier molecular flexibility index (Phi) is 5.79. The smallest absolute Gasteiger partial charge is 0.311 e. The van der Waals surface area contributed by atoms with Gasteiger partial charge in [0.2, 0.25) is 0 Å². The van der Waals surface area contributed by atoms with Gasteiger partial charge in [-0.2, -0.15) is 0 Å². The second kappa shape index (κ2) is 6.89. The Labute approximate surface area is 115 Å². The molecule has 0 saturated heterocycles. The van der Waals surface area contributed by atoms with Gasteiger partial charge in [0.05, 0.1) is 26.1 Å². The van der Waals surface area contributed by atoms with E-state index in [-0.39, 0.29) is 29.8 Å². The van der Waals surface area contributed by atoms with E-state index in [2.05, 4.69) is 18.7 Å². The molecule has 110 valence electrons. The first-order chi connectivity index (χ1) is 9.06. The fourth-order valence-electron chi connectivity index (χ4n) is 3.33. The fourth-order valence-corrected chi connectivity index (χ4v) is 3.33. The third kappa shape index (κ3) is 2.76. The van der Waals surface area contributed by atoms with Crippen LogP contribution in [-0.4, -0.2) is 50.2 Å². The summed E-state index contributed by atoms with van der Waals surface area (Å²) in [4.78, 5) is 26.1. The summed E-state index contributed by atoms with van der Waals surface area (Å²) in [6.07, 6.45) is 0.856. The van der Waals surface area contributed by atoms with Crippen molar-refractivity contribution in [2.24, 2.45) is 17.8 Å². The Balaban J connectivity index is 3.00. The van der Waals surface area contributed by atoms with Crippen LogP contribution in [0.3, 0.4) is 0 Å². The highest BCUT2D eigenvalue weighted by Gasteiger charge is 2.59. The Bertz CT molecular complexity index is 327. The van der Waals surface area contributed by atoms with Gasteiger partial charge in [-0.15, -0.1) is 0 Å². The Morgan fingerprint density at radius 3 is 1.79 bits per heavy atom. The third-order valence-electron chi connectivity index (χ3n) is 4.31. The van der Waals surface area contributed by atoms with Gasteiger partial charge in [-0.25, -0.2) is 0 Å². The van der Waals surface area contributed by atoms with Gasteiger partial charge in [0, 0.05) is 6.04 Å². The van der Waals surface area contributed by atoms with E-state index in [1.807, 2.05) is 6.92 Å². The average Bonchev–Trinajstić information content (AvgIpc) is 2.42. The molecule has 0 aromatic heterocycles. The van der Waals surface area contributed by atoms with E-state index in [1.54, 1.807) is 0 Å². The summed E-state index contributed by atoms with van der Waals surface area (Å²) in [5.41, 5.74) is 0. The molecule has 0 amide bonds. The van der Waals surface area contributed by atoms with Crippen LogP contribution in [0.4, 0.5) is 0 Å². The quantitative estimate of drug-likeness (QED) is 0.682. The summed E-state index contributed by atoms with van der Waals surface area (Å²) in [5.74, 6) is -1.21. The van der Waals surface area contributed by atoms with Crippen LogP contribution in [-0.2, 0) is 19.1 Å². The molecular formula is C14H25NO4. The monoisotopic (exact) mass is 271 g/mol. The van der Waals surface area contributed by atoms with Crippen LogP contribution in [0.5, 0.6) is 0 Å². The summed E-state index contributed by atoms with van der Waals surface area (Å²) in [5, 5.41) is 0. The van der Waals surface area contributed by atoms with E-state index in [9.17, 15) is 9.59 Å². The van der Waals surface area contributed by atoms with Crippen LogP contribution in [0.1, 0.15) is 27.2 Å². The highest BCUT2D eigenvalue weighted by molar-refractivity contribution is 5.85. The highest BCUT2D eigenvalue weighted by atomic mass is 16.5. The highest BCUT2D eigenvalue weighted by Crippen LogP contribution is 2.47. The topological polar surface area (TPSA) is 55.8 Å². The Hall–Kier alpha value is -1.10. The molecule has 0 N–H and O–H groups in total. The van der Waals surface area contributed by atoms with Gasteiger partial charge in [0.1, 0.15) is 0 Å². The van der Waals surface area contributed by atoms with Crippen LogP contribution in [0.25, 0.3) is 0 Å². The zero-order valence-electron chi connectivity index (χ0n) is 12.5. The normalized spacial score (nSPS) is 29.8. The molecule has 1 aliphatic carbocycles. The number of carbonyl (C=O) groups excluding carboxylic acids is 2. The van der Waals surface area contributed by atoms with Crippen molar-refractivity contribution in [1.29, 1.82) is 0 Å². The number of hydrogen-bond acceptors (Lipinski definition) is 5. The molecule has 4 atom stereocenters.